The highest BCUT2D eigenvalue weighted by atomic mass is 16.4. The Labute approximate surface area is 109 Å². The minimum absolute atomic E-state index is 0.0336. The van der Waals surface area contributed by atoms with Gasteiger partial charge in [-0.3, -0.25) is 9.59 Å². The average Bonchev–Trinajstić information content (AvgIpc) is 2.36. The summed E-state index contributed by atoms with van der Waals surface area (Å²) in [7, 11) is 0. The van der Waals surface area contributed by atoms with Crippen LogP contribution in [0.5, 0.6) is 0 Å². The van der Waals surface area contributed by atoms with E-state index in [2.05, 4.69) is 20.8 Å². The first-order valence-corrected chi connectivity index (χ1v) is 6.94. The summed E-state index contributed by atoms with van der Waals surface area (Å²) in [6.45, 7) is 8.20. The number of carbonyl (C=O) groups excluding carboxylic acids is 1. The van der Waals surface area contributed by atoms with Crippen LogP contribution >= 0.6 is 0 Å². The number of carbonyl (C=O) groups is 2. The van der Waals surface area contributed by atoms with Crippen LogP contribution in [0.15, 0.2) is 0 Å². The van der Waals surface area contributed by atoms with Crippen LogP contribution in [0.3, 0.4) is 0 Å². The van der Waals surface area contributed by atoms with E-state index in [1.54, 1.807) is 6.92 Å². The Bertz CT molecular complexity index is 385. The van der Waals surface area contributed by atoms with E-state index in [0.29, 0.717) is 11.8 Å². The molecule has 2 saturated carbocycles. The fraction of sp³-hybridized carbons (Fsp3) is 0.867. The van der Waals surface area contributed by atoms with Gasteiger partial charge in [0.1, 0.15) is 5.78 Å². The van der Waals surface area contributed by atoms with Crippen LogP contribution < -0.4 is 0 Å². The van der Waals surface area contributed by atoms with Crippen LogP contribution in [0, 0.1) is 28.6 Å². The molecule has 3 heteroatoms. The second kappa shape index (κ2) is 4.07. The summed E-state index contributed by atoms with van der Waals surface area (Å²) in [5.74, 6) is 0.177. The number of ketones is 1. The Balaban J connectivity index is 2.47. The number of fused-ring (bicyclic) bond motifs is 2. The zero-order valence-electron chi connectivity index (χ0n) is 11.8. The first kappa shape index (κ1) is 13.6. The number of carboxylic acid groups (broad SMARTS) is 1. The number of hydrogen-bond acceptors (Lipinski definition) is 2. The van der Waals surface area contributed by atoms with E-state index in [4.69, 9.17) is 0 Å². The molecule has 2 rings (SSSR count). The quantitative estimate of drug-likeness (QED) is 0.839. The number of hydrogen-bond donors (Lipinski definition) is 1. The molecule has 2 aliphatic rings. The van der Waals surface area contributed by atoms with Gasteiger partial charge >= 0.3 is 5.97 Å². The third-order valence-electron chi connectivity index (χ3n) is 5.74. The van der Waals surface area contributed by atoms with Crippen LogP contribution in [-0.4, -0.2) is 16.9 Å². The van der Waals surface area contributed by atoms with E-state index in [-0.39, 0.29) is 29.0 Å². The zero-order valence-corrected chi connectivity index (χ0v) is 11.8. The van der Waals surface area contributed by atoms with Crippen LogP contribution in [0.4, 0.5) is 0 Å². The van der Waals surface area contributed by atoms with E-state index in [1.165, 1.54) is 0 Å². The number of rotatable bonds is 3. The van der Waals surface area contributed by atoms with Crippen molar-refractivity contribution in [3.63, 3.8) is 0 Å². The van der Waals surface area contributed by atoms with Gasteiger partial charge in [0.15, 0.2) is 0 Å². The summed E-state index contributed by atoms with van der Waals surface area (Å²) >= 11 is 0. The lowest BCUT2D eigenvalue weighted by atomic mass is 9.59. The van der Waals surface area contributed by atoms with Crippen molar-refractivity contribution < 1.29 is 14.7 Å². The zero-order chi connectivity index (χ0) is 13.7. The van der Waals surface area contributed by atoms with Crippen LogP contribution in [-0.2, 0) is 9.59 Å². The van der Waals surface area contributed by atoms with E-state index in [0.717, 1.165) is 19.3 Å². The maximum Gasteiger partial charge on any atom is 0.303 e. The van der Waals surface area contributed by atoms with Crippen molar-refractivity contribution in [2.24, 2.45) is 28.6 Å². The molecular weight excluding hydrogens is 228 g/mol. The molecule has 2 bridgehead atoms. The fourth-order valence-electron chi connectivity index (χ4n) is 4.98. The van der Waals surface area contributed by atoms with Gasteiger partial charge in [-0.1, -0.05) is 20.8 Å². The van der Waals surface area contributed by atoms with E-state index >= 15 is 0 Å². The van der Waals surface area contributed by atoms with E-state index in [1.807, 2.05) is 0 Å². The molecule has 0 saturated heterocycles. The molecule has 2 aliphatic carbocycles. The summed E-state index contributed by atoms with van der Waals surface area (Å²) in [4.78, 5) is 23.4. The van der Waals surface area contributed by atoms with E-state index in [9.17, 15) is 14.7 Å². The van der Waals surface area contributed by atoms with Crippen molar-refractivity contribution in [1.82, 2.24) is 0 Å². The first-order valence-electron chi connectivity index (χ1n) is 6.94. The Morgan fingerprint density at radius 1 is 1.28 bits per heavy atom. The Morgan fingerprint density at radius 2 is 1.89 bits per heavy atom. The fourth-order valence-corrected chi connectivity index (χ4v) is 4.98. The molecule has 4 atom stereocenters. The molecule has 1 N–H and O–H groups in total. The minimum atomic E-state index is -0.762. The Morgan fingerprint density at radius 3 is 2.39 bits per heavy atom. The summed E-state index contributed by atoms with van der Waals surface area (Å²) in [5, 5.41) is 9.17. The van der Waals surface area contributed by atoms with Crippen molar-refractivity contribution in [1.29, 1.82) is 0 Å². The molecule has 0 unspecified atom stereocenters. The predicted octanol–water partition coefficient (Wildman–Crippen LogP) is 3.13. The topological polar surface area (TPSA) is 54.4 Å². The first-order chi connectivity index (χ1) is 8.21. The molecule has 0 aliphatic heterocycles. The Hall–Kier alpha value is -0.860. The van der Waals surface area contributed by atoms with Crippen LogP contribution in [0.2, 0.25) is 0 Å². The highest BCUT2D eigenvalue weighted by Crippen LogP contribution is 2.66. The molecule has 0 radical (unpaired) electrons. The molecule has 0 aromatic carbocycles. The van der Waals surface area contributed by atoms with E-state index < -0.39 is 5.97 Å². The lowest BCUT2D eigenvalue weighted by Gasteiger charge is -2.44. The maximum atomic E-state index is 12.3. The standard InChI is InChI=1S/C15H24O3/c1-9-5-6-11-12(7-13(17)18)15(9,10(2)16)8-14(11,3)4/h9,11-12H,5-8H2,1-4H3,(H,17,18)/t9-,11-,12-,15+/m1/s1. The molecule has 3 nitrogen and oxygen atoms in total. The normalized spacial score (nSPS) is 41.7. The van der Waals surface area contributed by atoms with Crippen molar-refractivity contribution >= 4 is 11.8 Å². The molecule has 0 aromatic rings. The van der Waals surface area contributed by atoms with Crippen molar-refractivity contribution in [3.8, 4) is 0 Å². The van der Waals surface area contributed by atoms with Crippen molar-refractivity contribution in [2.75, 3.05) is 0 Å². The van der Waals surface area contributed by atoms with Gasteiger partial charge in [-0.25, -0.2) is 0 Å². The molecule has 0 spiro atoms. The number of Topliss-reactive ketones (excluding diaryl/α,β-unsaturated/α-hetero) is 1. The smallest absolute Gasteiger partial charge is 0.303 e. The van der Waals surface area contributed by atoms with Gasteiger partial charge in [0.05, 0.1) is 0 Å². The molecule has 0 heterocycles. The molecule has 0 aromatic heterocycles. The lowest BCUT2D eigenvalue weighted by Crippen LogP contribution is -2.44. The highest BCUT2D eigenvalue weighted by molar-refractivity contribution is 5.84. The Kier molecular flexibility index (Phi) is 3.07. The third kappa shape index (κ3) is 1.70. The lowest BCUT2D eigenvalue weighted by molar-refractivity contribution is -0.144. The largest absolute Gasteiger partial charge is 0.481 e. The molecule has 102 valence electrons. The van der Waals surface area contributed by atoms with Crippen molar-refractivity contribution in [3.05, 3.63) is 0 Å². The van der Waals surface area contributed by atoms with Gasteiger partial charge in [-0.15, -0.1) is 0 Å². The predicted molar refractivity (Wildman–Crippen MR) is 69.1 cm³/mol. The van der Waals surface area contributed by atoms with Crippen LogP contribution in [0.1, 0.15) is 53.4 Å². The molecule has 0 amide bonds. The average molecular weight is 252 g/mol. The van der Waals surface area contributed by atoms with Gasteiger partial charge in [-0.2, -0.15) is 0 Å². The monoisotopic (exact) mass is 252 g/mol. The second-order valence-electron chi connectivity index (χ2n) is 7.05. The van der Waals surface area contributed by atoms with Gasteiger partial charge in [0.25, 0.3) is 0 Å². The maximum absolute atomic E-state index is 12.3. The molecule has 18 heavy (non-hydrogen) atoms. The number of carboxylic acids is 1. The van der Waals surface area contributed by atoms with Gasteiger partial charge in [0.2, 0.25) is 0 Å². The molecular formula is C15H24O3. The van der Waals surface area contributed by atoms with Crippen molar-refractivity contribution in [2.45, 2.75) is 53.4 Å². The van der Waals surface area contributed by atoms with Crippen LogP contribution in [0.25, 0.3) is 0 Å². The second-order valence-corrected chi connectivity index (χ2v) is 7.05. The van der Waals surface area contributed by atoms with Gasteiger partial charge < -0.3 is 5.11 Å². The third-order valence-corrected chi connectivity index (χ3v) is 5.74. The van der Waals surface area contributed by atoms with Gasteiger partial charge in [-0.05, 0) is 49.4 Å². The summed E-state index contributed by atoms with van der Waals surface area (Å²) < 4.78 is 0. The summed E-state index contributed by atoms with van der Waals surface area (Å²) in [6, 6.07) is 0. The summed E-state index contributed by atoms with van der Waals surface area (Å²) in [6.07, 6.45) is 3.14. The van der Waals surface area contributed by atoms with Gasteiger partial charge in [0, 0.05) is 11.8 Å². The minimum Gasteiger partial charge on any atom is -0.481 e. The summed E-state index contributed by atoms with van der Waals surface area (Å²) in [5.41, 5.74) is -0.290. The SMILES string of the molecule is CC(=O)[C@]12CC(C)(C)[C@H](CC[C@H]1C)[C@H]2CC(=O)O. The highest BCUT2D eigenvalue weighted by Gasteiger charge is 2.63. The molecule has 2 fully saturated rings. The number of aliphatic carboxylic acids is 1.